The Balaban J connectivity index is 1.79. The first-order chi connectivity index (χ1) is 10.8. The topological polar surface area (TPSA) is 34.2 Å². The quantitative estimate of drug-likeness (QED) is 0.926. The number of rotatable bonds is 4. The molecule has 2 heterocycles. The number of ether oxygens (including phenoxy) is 1. The Hall–Kier alpha value is -1.87. The first kappa shape index (κ1) is 15.0. The van der Waals surface area contributed by atoms with Crippen LogP contribution in [0.4, 0.5) is 0 Å². The van der Waals surface area contributed by atoms with E-state index < -0.39 is 0 Å². The number of nitrogens with zero attached hydrogens (tertiary/aromatic N) is 1. The van der Waals surface area contributed by atoms with Crippen molar-refractivity contribution in [1.29, 1.82) is 0 Å². The van der Waals surface area contributed by atoms with E-state index in [0.717, 1.165) is 19.0 Å². The summed E-state index contributed by atoms with van der Waals surface area (Å²) in [6.07, 6.45) is 4.28. The fourth-order valence-electron chi connectivity index (χ4n) is 3.18. The highest BCUT2D eigenvalue weighted by Crippen LogP contribution is 2.32. The largest absolute Gasteiger partial charge is 0.470 e. The highest BCUT2D eigenvalue weighted by molar-refractivity contribution is 5.36. The molecule has 22 heavy (non-hydrogen) atoms. The number of nitrogens with one attached hydrogen (secondary N) is 1. The van der Waals surface area contributed by atoms with Crippen molar-refractivity contribution in [2.24, 2.45) is 0 Å². The summed E-state index contributed by atoms with van der Waals surface area (Å²) in [5.74, 6) is 1.39. The summed E-state index contributed by atoms with van der Waals surface area (Å²) in [6.45, 7) is 6.41. The van der Waals surface area contributed by atoms with Crippen LogP contribution in [0.25, 0.3) is 0 Å². The van der Waals surface area contributed by atoms with E-state index in [-0.39, 0.29) is 6.10 Å². The summed E-state index contributed by atoms with van der Waals surface area (Å²) in [4.78, 5) is 4.46. The van der Waals surface area contributed by atoms with Crippen molar-refractivity contribution < 1.29 is 4.74 Å². The molecule has 0 saturated carbocycles. The predicted octanol–water partition coefficient (Wildman–Crippen LogP) is 4.00. The summed E-state index contributed by atoms with van der Waals surface area (Å²) in [5.41, 5.74) is 3.76. The molecule has 0 radical (unpaired) electrons. The van der Waals surface area contributed by atoms with Gasteiger partial charge in [0.25, 0.3) is 0 Å². The number of hydrogen-bond donors (Lipinski definition) is 1. The van der Waals surface area contributed by atoms with Gasteiger partial charge in [0.15, 0.2) is 0 Å². The summed E-state index contributed by atoms with van der Waals surface area (Å²) in [7, 11) is 0. The van der Waals surface area contributed by atoms with E-state index in [2.05, 4.69) is 42.3 Å². The van der Waals surface area contributed by atoms with Gasteiger partial charge in [-0.05, 0) is 62.9 Å². The molecule has 0 amide bonds. The molecular formula is C19H24N2O. The van der Waals surface area contributed by atoms with Crippen LogP contribution in [-0.2, 0) is 0 Å². The van der Waals surface area contributed by atoms with Crippen molar-refractivity contribution in [3.8, 4) is 5.88 Å². The molecule has 0 unspecified atom stereocenters. The van der Waals surface area contributed by atoms with E-state index in [4.69, 9.17) is 4.74 Å². The minimum atomic E-state index is 0.00988. The van der Waals surface area contributed by atoms with Gasteiger partial charge in [0.2, 0.25) is 5.88 Å². The molecule has 0 aliphatic carbocycles. The highest BCUT2D eigenvalue weighted by atomic mass is 16.5. The van der Waals surface area contributed by atoms with Gasteiger partial charge in [-0.15, -0.1) is 0 Å². The van der Waals surface area contributed by atoms with Gasteiger partial charge in [0.05, 0.1) is 0 Å². The number of aromatic nitrogens is 1. The smallest absolute Gasteiger partial charge is 0.217 e. The van der Waals surface area contributed by atoms with Gasteiger partial charge < -0.3 is 10.1 Å². The molecule has 1 N–H and O–H groups in total. The minimum absolute atomic E-state index is 0.00988. The molecular weight excluding hydrogens is 272 g/mol. The minimum Gasteiger partial charge on any atom is -0.470 e. The normalized spacial score (nSPS) is 17.2. The maximum absolute atomic E-state index is 6.14. The average Bonchev–Trinajstić information content (AvgIpc) is 2.58. The molecule has 1 fully saturated rings. The molecule has 1 aliphatic heterocycles. The highest BCUT2D eigenvalue weighted by Gasteiger charge is 2.20. The van der Waals surface area contributed by atoms with Gasteiger partial charge in [-0.2, -0.15) is 0 Å². The number of hydrogen-bond acceptors (Lipinski definition) is 3. The fraction of sp³-hybridized carbons (Fsp3) is 0.421. The summed E-state index contributed by atoms with van der Waals surface area (Å²) >= 11 is 0. The summed E-state index contributed by atoms with van der Waals surface area (Å²) in [6, 6.07) is 12.5. The summed E-state index contributed by atoms with van der Waals surface area (Å²) in [5, 5.41) is 3.43. The second kappa shape index (κ2) is 6.93. The Labute approximate surface area is 132 Å². The second-order valence-electron chi connectivity index (χ2n) is 6.03. The standard InChI is InChI=1S/C19H24N2O/c1-14-18(17-8-11-20-12-9-17)10-13-21-19(14)22-15(2)16-6-4-3-5-7-16/h3-7,10,13,15,17,20H,8-9,11-12H2,1-2H3/t15-/m0/s1. The number of pyridine rings is 1. The Morgan fingerprint density at radius 3 is 2.59 bits per heavy atom. The third-order valence-corrected chi connectivity index (χ3v) is 4.54. The lowest BCUT2D eigenvalue weighted by Gasteiger charge is -2.25. The monoisotopic (exact) mass is 296 g/mol. The van der Waals surface area contributed by atoms with Crippen LogP contribution in [0, 0.1) is 6.92 Å². The van der Waals surface area contributed by atoms with Gasteiger partial charge in [0, 0.05) is 11.8 Å². The van der Waals surface area contributed by atoms with Crippen LogP contribution in [0.5, 0.6) is 5.88 Å². The molecule has 3 heteroatoms. The molecule has 1 aromatic heterocycles. The SMILES string of the molecule is Cc1c(C2CCNCC2)ccnc1O[C@@H](C)c1ccccc1. The lowest BCUT2D eigenvalue weighted by Crippen LogP contribution is -2.27. The van der Waals surface area contributed by atoms with E-state index in [1.54, 1.807) is 0 Å². The Morgan fingerprint density at radius 2 is 1.86 bits per heavy atom. The molecule has 0 bridgehead atoms. The van der Waals surface area contributed by atoms with Crippen molar-refractivity contribution in [2.45, 2.75) is 38.7 Å². The third kappa shape index (κ3) is 3.30. The molecule has 1 aliphatic rings. The van der Waals surface area contributed by atoms with E-state index >= 15 is 0 Å². The third-order valence-electron chi connectivity index (χ3n) is 4.54. The van der Waals surface area contributed by atoms with Crippen molar-refractivity contribution in [3.63, 3.8) is 0 Å². The molecule has 1 aromatic carbocycles. The molecule has 1 atom stereocenters. The van der Waals surface area contributed by atoms with Gasteiger partial charge in [0.1, 0.15) is 6.10 Å². The lowest BCUT2D eigenvalue weighted by molar-refractivity contribution is 0.215. The van der Waals surface area contributed by atoms with E-state index in [0.29, 0.717) is 5.92 Å². The Kier molecular flexibility index (Phi) is 4.74. The van der Waals surface area contributed by atoms with Crippen molar-refractivity contribution in [2.75, 3.05) is 13.1 Å². The number of benzene rings is 1. The van der Waals surface area contributed by atoms with Crippen LogP contribution >= 0.6 is 0 Å². The summed E-state index contributed by atoms with van der Waals surface area (Å²) < 4.78 is 6.14. The van der Waals surface area contributed by atoms with E-state index in [1.165, 1.54) is 29.5 Å². The molecule has 3 nitrogen and oxygen atoms in total. The maximum Gasteiger partial charge on any atom is 0.217 e. The van der Waals surface area contributed by atoms with Crippen LogP contribution in [0.3, 0.4) is 0 Å². The zero-order chi connectivity index (χ0) is 15.4. The first-order valence-electron chi connectivity index (χ1n) is 8.13. The molecule has 3 rings (SSSR count). The average molecular weight is 296 g/mol. The zero-order valence-electron chi connectivity index (χ0n) is 13.4. The van der Waals surface area contributed by atoms with Crippen LogP contribution in [0.2, 0.25) is 0 Å². The fourth-order valence-corrected chi connectivity index (χ4v) is 3.18. The Morgan fingerprint density at radius 1 is 1.14 bits per heavy atom. The molecule has 116 valence electrons. The maximum atomic E-state index is 6.14. The van der Waals surface area contributed by atoms with Crippen LogP contribution in [0.1, 0.15) is 48.5 Å². The Bertz CT molecular complexity index is 606. The van der Waals surface area contributed by atoms with E-state index in [1.807, 2.05) is 24.4 Å². The van der Waals surface area contributed by atoms with Gasteiger partial charge in [-0.3, -0.25) is 0 Å². The first-order valence-corrected chi connectivity index (χ1v) is 8.13. The second-order valence-corrected chi connectivity index (χ2v) is 6.03. The molecule has 0 spiro atoms. The number of piperidine rings is 1. The van der Waals surface area contributed by atoms with Crippen LogP contribution < -0.4 is 10.1 Å². The van der Waals surface area contributed by atoms with Crippen molar-refractivity contribution >= 4 is 0 Å². The van der Waals surface area contributed by atoms with Crippen LogP contribution in [0.15, 0.2) is 42.6 Å². The van der Waals surface area contributed by atoms with Crippen molar-refractivity contribution in [3.05, 3.63) is 59.3 Å². The van der Waals surface area contributed by atoms with Crippen LogP contribution in [-0.4, -0.2) is 18.1 Å². The van der Waals surface area contributed by atoms with Gasteiger partial charge in [-0.25, -0.2) is 4.98 Å². The van der Waals surface area contributed by atoms with Gasteiger partial charge >= 0.3 is 0 Å². The predicted molar refractivity (Wildman–Crippen MR) is 89.3 cm³/mol. The van der Waals surface area contributed by atoms with Gasteiger partial charge in [-0.1, -0.05) is 30.3 Å². The van der Waals surface area contributed by atoms with E-state index in [9.17, 15) is 0 Å². The molecule has 2 aromatic rings. The lowest BCUT2D eigenvalue weighted by atomic mass is 9.88. The zero-order valence-corrected chi connectivity index (χ0v) is 13.4. The van der Waals surface area contributed by atoms with Crippen molar-refractivity contribution in [1.82, 2.24) is 10.3 Å². The molecule has 1 saturated heterocycles.